The number of fused-ring (bicyclic) bond motifs is 1. The van der Waals surface area contributed by atoms with E-state index >= 15 is 4.39 Å². The third-order valence-corrected chi connectivity index (χ3v) is 5.47. The molecule has 176 valence electrons. The zero-order valence-electron chi connectivity index (χ0n) is 18.9. The van der Waals surface area contributed by atoms with E-state index in [0.717, 1.165) is 6.07 Å². The fourth-order valence-electron chi connectivity index (χ4n) is 3.84. The van der Waals surface area contributed by atoms with Crippen LogP contribution in [0.15, 0.2) is 30.3 Å². The van der Waals surface area contributed by atoms with E-state index < -0.39 is 24.3 Å². The minimum atomic E-state index is -2.99. The average Bonchev–Trinajstić information content (AvgIpc) is 3.02. The van der Waals surface area contributed by atoms with E-state index in [2.05, 4.69) is 4.74 Å². The van der Waals surface area contributed by atoms with Crippen molar-refractivity contribution in [2.24, 2.45) is 0 Å². The van der Waals surface area contributed by atoms with Crippen LogP contribution in [0.2, 0.25) is 0 Å². The lowest BCUT2D eigenvalue weighted by atomic mass is 9.93. The predicted octanol–water partition coefficient (Wildman–Crippen LogP) is 5.83. The number of aromatic nitrogens is 1. The van der Waals surface area contributed by atoms with Crippen LogP contribution in [-0.2, 0) is 4.79 Å². The lowest BCUT2D eigenvalue weighted by Crippen LogP contribution is -2.14. The fourth-order valence-corrected chi connectivity index (χ4v) is 3.84. The Labute approximate surface area is 188 Å². The van der Waals surface area contributed by atoms with Gasteiger partial charge in [-0.05, 0) is 43.5 Å². The largest absolute Gasteiger partial charge is 0.493 e. The second-order valence-electron chi connectivity index (χ2n) is 7.56. The van der Waals surface area contributed by atoms with Gasteiger partial charge in [0.05, 0.1) is 23.7 Å². The van der Waals surface area contributed by atoms with E-state index in [0.29, 0.717) is 17.4 Å². The molecule has 0 amide bonds. The highest BCUT2D eigenvalue weighted by Crippen LogP contribution is 2.45. The van der Waals surface area contributed by atoms with Crippen molar-refractivity contribution < 1.29 is 37.0 Å². The molecule has 0 saturated carbocycles. The Morgan fingerprint density at radius 2 is 1.76 bits per heavy atom. The molecule has 1 aromatic heterocycles. The van der Waals surface area contributed by atoms with Crippen molar-refractivity contribution in [3.05, 3.63) is 53.0 Å². The summed E-state index contributed by atoms with van der Waals surface area (Å²) in [6.45, 7) is 3.62. The molecule has 0 aliphatic carbocycles. The first-order valence-corrected chi connectivity index (χ1v) is 10.3. The van der Waals surface area contributed by atoms with Gasteiger partial charge < -0.3 is 14.2 Å². The topological polar surface area (TPSA) is 66.8 Å². The minimum absolute atomic E-state index is 0.0170. The molecule has 6 nitrogen and oxygen atoms in total. The van der Waals surface area contributed by atoms with Gasteiger partial charge in [0.2, 0.25) is 0 Å². The summed E-state index contributed by atoms with van der Waals surface area (Å²) in [5.74, 6) is -1.95. The van der Waals surface area contributed by atoms with E-state index in [1.807, 2.05) is 13.8 Å². The molecule has 0 fully saturated rings. The molecule has 0 radical (unpaired) electrons. The molecule has 2 aromatic carbocycles. The number of carbonyl (C=O) groups excluding carboxylic acids is 2. The number of rotatable bonds is 7. The Hall–Kier alpha value is -3.49. The van der Waals surface area contributed by atoms with Gasteiger partial charge in [0.15, 0.2) is 17.3 Å². The second-order valence-corrected chi connectivity index (χ2v) is 7.56. The summed E-state index contributed by atoms with van der Waals surface area (Å²) in [4.78, 5) is 25.3. The Bertz CT molecular complexity index is 1200. The summed E-state index contributed by atoms with van der Waals surface area (Å²) in [5, 5.41) is 0.404. The lowest BCUT2D eigenvalue weighted by molar-refractivity contribution is -0.131. The molecule has 0 N–H and O–H groups in total. The van der Waals surface area contributed by atoms with Crippen molar-refractivity contribution in [2.75, 3.05) is 7.11 Å². The Balaban J connectivity index is 2.30. The Morgan fingerprint density at radius 1 is 1.12 bits per heavy atom. The number of benzene rings is 2. The van der Waals surface area contributed by atoms with Crippen molar-refractivity contribution in [1.29, 1.82) is 0 Å². The highest BCUT2D eigenvalue weighted by Gasteiger charge is 2.29. The third-order valence-electron chi connectivity index (χ3n) is 5.47. The molecular weight excluding hydrogens is 439 g/mol. The first-order chi connectivity index (χ1) is 15.6. The highest BCUT2D eigenvalue weighted by atomic mass is 19.3. The molecular formula is C24H24F3NO5. The number of hydrogen-bond acceptors (Lipinski definition) is 5. The molecule has 0 bridgehead atoms. The van der Waals surface area contributed by atoms with E-state index in [9.17, 15) is 18.4 Å². The number of hydrogen-bond donors (Lipinski definition) is 0. The Kier molecular flexibility index (Phi) is 7.00. The van der Waals surface area contributed by atoms with Gasteiger partial charge in [-0.1, -0.05) is 13.8 Å². The Morgan fingerprint density at radius 3 is 2.27 bits per heavy atom. The predicted molar refractivity (Wildman–Crippen MR) is 116 cm³/mol. The molecule has 0 spiro atoms. The minimum Gasteiger partial charge on any atom is -0.493 e. The summed E-state index contributed by atoms with van der Waals surface area (Å²) in [6, 6.07) is 6.29. The fraction of sp³-hybridized carbons (Fsp3) is 0.333. The van der Waals surface area contributed by atoms with Gasteiger partial charge in [-0.3, -0.25) is 14.2 Å². The first kappa shape index (κ1) is 24.2. The van der Waals surface area contributed by atoms with Crippen molar-refractivity contribution >= 4 is 22.8 Å². The van der Waals surface area contributed by atoms with Crippen LogP contribution in [0.3, 0.4) is 0 Å². The SMILES string of the molecule is CCC(C)c1c(OC)c(F)cc2c1c(OC(C)=O)c(C)n2C(=O)c1ccc(OC(F)F)cc1. The van der Waals surface area contributed by atoms with Crippen LogP contribution < -0.4 is 14.2 Å². The number of nitrogens with zero attached hydrogens (tertiary/aromatic N) is 1. The molecule has 3 aromatic rings. The zero-order chi connectivity index (χ0) is 24.4. The van der Waals surface area contributed by atoms with E-state index in [1.165, 1.54) is 42.9 Å². The van der Waals surface area contributed by atoms with E-state index in [1.54, 1.807) is 6.92 Å². The van der Waals surface area contributed by atoms with Crippen LogP contribution >= 0.6 is 0 Å². The molecule has 3 rings (SSSR count). The number of esters is 1. The molecule has 0 aliphatic heterocycles. The van der Waals surface area contributed by atoms with Crippen LogP contribution in [0.1, 0.15) is 54.7 Å². The summed E-state index contributed by atoms with van der Waals surface area (Å²) in [5.41, 5.74) is 1.12. The van der Waals surface area contributed by atoms with Crippen LogP contribution in [0.25, 0.3) is 10.9 Å². The normalized spacial score (nSPS) is 12.2. The van der Waals surface area contributed by atoms with Gasteiger partial charge in [-0.25, -0.2) is 4.39 Å². The monoisotopic (exact) mass is 463 g/mol. The van der Waals surface area contributed by atoms with E-state index in [-0.39, 0.29) is 39.9 Å². The van der Waals surface area contributed by atoms with Gasteiger partial charge >= 0.3 is 12.6 Å². The molecule has 0 aliphatic rings. The average molecular weight is 463 g/mol. The third kappa shape index (κ3) is 4.53. The number of ether oxygens (including phenoxy) is 3. The summed E-state index contributed by atoms with van der Waals surface area (Å²) in [7, 11) is 1.35. The number of halogens is 3. The van der Waals surface area contributed by atoms with Crippen molar-refractivity contribution in [3.8, 4) is 17.2 Å². The highest BCUT2D eigenvalue weighted by molar-refractivity contribution is 6.07. The van der Waals surface area contributed by atoms with Crippen LogP contribution in [0.5, 0.6) is 17.2 Å². The molecule has 1 atom stereocenters. The van der Waals surface area contributed by atoms with Crippen LogP contribution in [0, 0.1) is 12.7 Å². The number of carbonyl (C=O) groups is 2. The quantitative estimate of drug-likeness (QED) is 0.413. The molecule has 1 unspecified atom stereocenters. The zero-order valence-corrected chi connectivity index (χ0v) is 18.9. The maximum atomic E-state index is 15.1. The summed E-state index contributed by atoms with van der Waals surface area (Å²) >= 11 is 0. The standard InChI is InChI=1S/C24H24F3NO5/c1-6-12(2)19-20-18(11-17(25)22(19)31-5)28(13(3)21(20)32-14(4)29)23(30)15-7-9-16(10-8-15)33-24(26)27/h7-12,24H,6H2,1-5H3. The maximum absolute atomic E-state index is 15.1. The molecule has 1 heterocycles. The smallest absolute Gasteiger partial charge is 0.387 e. The summed E-state index contributed by atoms with van der Waals surface area (Å²) in [6.07, 6.45) is 0.637. The molecule has 9 heteroatoms. The lowest BCUT2D eigenvalue weighted by Gasteiger charge is -2.17. The van der Waals surface area contributed by atoms with Crippen molar-refractivity contribution in [2.45, 2.75) is 46.6 Å². The summed E-state index contributed by atoms with van der Waals surface area (Å²) < 4.78 is 56.3. The number of alkyl halides is 2. The second kappa shape index (κ2) is 9.56. The number of methoxy groups -OCH3 is 1. The van der Waals surface area contributed by atoms with Gasteiger partial charge in [0.1, 0.15) is 5.75 Å². The van der Waals surface area contributed by atoms with Gasteiger partial charge in [0, 0.05) is 24.1 Å². The van der Waals surface area contributed by atoms with Gasteiger partial charge in [0.25, 0.3) is 5.91 Å². The van der Waals surface area contributed by atoms with E-state index in [4.69, 9.17) is 9.47 Å². The van der Waals surface area contributed by atoms with Gasteiger partial charge in [-0.2, -0.15) is 8.78 Å². The van der Waals surface area contributed by atoms with Crippen molar-refractivity contribution in [3.63, 3.8) is 0 Å². The first-order valence-electron chi connectivity index (χ1n) is 10.3. The molecule has 0 saturated heterocycles. The van der Waals surface area contributed by atoms with Crippen LogP contribution in [-0.4, -0.2) is 30.2 Å². The maximum Gasteiger partial charge on any atom is 0.387 e. The van der Waals surface area contributed by atoms with Crippen LogP contribution in [0.4, 0.5) is 13.2 Å². The molecule has 33 heavy (non-hydrogen) atoms. The van der Waals surface area contributed by atoms with Crippen molar-refractivity contribution in [1.82, 2.24) is 4.57 Å². The van der Waals surface area contributed by atoms with Gasteiger partial charge in [-0.15, -0.1) is 0 Å².